The van der Waals surface area contributed by atoms with Crippen LogP contribution in [-0.2, 0) is 6.42 Å². The van der Waals surface area contributed by atoms with Gasteiger partial charge in [0.25, 0.3) is 0 Å². The summed E-state index contributed by atoms with van der Waals surface area (Å²) in [4.78, 5) is 0. The summed E-state index contributed by atoms with van der Waals surface area (Å²) < 4.78 is 15.1. The molecule has 0 radical (unpaired) electrons. The van der Waals surface area contributed by atoms with E-state index in [0.717, 1.165) is 23.4 Å². The fourth-order valence-corrected chi connectivity index (χ4v) is 1.92. The van der Waals surface area contributed by atoms with E-state index in [1.54, 1.807) is 16.8 Å². The van der Waals surface area contributed by atoms with E-state index in [0.29, 0.717) is 6.42 Å². The first-order valence-corrected chi connectivity index (χ1v) is 6.16. The summed E-state index contributed by atoms with van der Waals surface area (Å²) in [6.07, 6.45) is 3.40. The van der Waals surface area contributed by atoms with Crippen LogP contribution in [0.2, 0.25) is 0 Å². The van der Waals surface area contributed by atoms with E-state index in [-0.39, 0.29) is 11.9 Å². The monoisotopic (exact) mass is 247 g/mol. The van der Waals surface area contributed by atoms with Gasteiger partial charge in [0, 0.05) is 12.2 Å². The van der Waals surface area contributed by atoms with Crippen LogP contribution in [0, 0.1) is 12.7 Å². The zero-order chi connectivity index (χ0) is 13.1. The maximum Gasteiger partial charge on any atom is 0.123 e. The summed E-state index contributed by atoms with van der Waals surface area (Å²) in [5.74, 6) is -0.235. The maximum absolute atomic E-state index is 13.4. The van der Waals surface area contributed by atoms with E-state index in [4.69, 9.17) is 5.73 Å². The number of aryl methyl sites for hydroxylation is 1. The third kappa shape index (κ3) is 2.76. The Bertz CT molecular complexity index is 534. The first kappa shape index (κ1) is 12.8. The van der Waals surface area contributed by atoms with Crippen molar-refractivity contribution in [3.63, 3.8) is 0 Å². The van der Waals surface area contributed by atoms with E-state index >= 15 is 0 Å². The molecule has 1 aromatic heterocycles. The molecule has 0 saturated carbocycles. The second-order valence-corrected chi connectivity index (χ2v) is 4.55. The average molecular weight is 247 g/mol. The Labute approximate surface area is 106 Å². The number of nitrogens with zero attached hydrogens (tertiary/aromatic N) is 2. The molecule has 0 bridgehead atoms. The molecule has 0 amide bonds. The lowest BCUT2D eigenvalue weighted by molar-refractivity contribution is 0.611. The third-order valence-corrected chi connectivity index (χ3v) is 3.02. The maximum atomic E-state index is 13.4. The average Bonchev–Trinajstić information content (AvgIpc) is 2.75. The van der Waals surface area contributed by atoms with Crippen molar-refractivity contribution in [1.82, 2.24) is 9.78 Å². The fraction of sp³-hybridized carbons (Fsp3) is 0.357. The van der Waals surface area contributed by atoms with Crippen LogP contribution in [-0.4, -0.2) is 15.8 Å². The number of nitrogens with two attached hydrogens (primary N) is 1. The van der Waals surface area contributed by atoms with Crippen molar-refractivity contribution in [2.45, 2.75) is 32.7 Å². The minimum absolute atomic E-state index is 0.0437. The van der Waals surface area contributed by atoms with Crippen molar-refractivity contribution < 1.29 is 4.39 Å². The number of hydrogen-bond donors (Lipinski definition) is 1. The van der Waals surface area contributed by atoms with Crippen molar-refractivity contribution in [1.29, 1.82) is 0 Å². The minimum Gasteiger partial charge on any atom is -0.327 e. The number of rotatable bonds is 4. The van der Waals surface area contributed by atoms with Crippen LogP contribution in [0.25, 0.3) is 5.69 Å². The Kier molecular flexibility index (Phi) is 3.77. The Balaban J connectivity index is 2.40. The Morgan fingerprint density at radius 3 is 2.78 bits per heavy atom. The smallest absolute Gasteiger partial charge is 0.123 e. The number of benzene rings is 1. The zero-order valence-corrected chi connectivity index (χ0v) is 10.7. The standard InChI is InChI=1S/C14H18FN3/c1-3-13(16)9-11-8-12(15)4-5-14(11)18-7-6-10(2)17-18/h4-8,13H,3,9,16H2,1-2H3. The van der Waals surface area contributed by atoms with Gasteiger partial charge < -0.3 is 5.73 Å². The van der Waals surface area contributed by atoms with Crippen LogP contribution in [0.15, 0.2) is 30.5 Å². The van der Waals surface area contributed by atoms with Crippen LogP contribution < -0.4 is 5.73 Å². The Hall–Kier alpha value is -1.68. The molecule has 0 aliphatic rings. The number of halogens is 1. The number of aromatic nitrogens is 2. The zero-order valence-electron chi connectivity index (χ0n) is 10.7. The first-order chi connectivity index (χ1) is 8.60. The molecule has 18 heavy (non-hydrogen) atoms. The normalized spacial score (nSPS) is 12.7. The van der Waals surface area contributed by atoms with E-state index in [2.05, 4.69) is 5.10 Å². The lowest BCUT2D eigenvalue weighted by Crippen LogP contribution is -2.22. The van der Waals surface area contributed by atoms with Gasteiger partial charge in [0.2, 0.25) is 0 Å². The molecular weight excluding hydrogens is 229 g/mol. The molecular formula is C14H18FN3. The molecule has 1 heterocycles. The van der Waals surface area contributed by atoms with Gasteiger partial charge in [-0.1, -0.05) is 6.92 Å². The second kappa shape index (κ2) is 5.31. The van der Waals surface area contributed by atoms with Gasteiger partial charge in [0.15, 0.2) is 0 Å². The Morgan fingerprint density at radius 1 is 1.39 bits per heavy atom. The summed E-state index contributed by atoms with van der Waals surface area (Å²) in [7, 11) is 0. The van der Waals surface area contributed by atoms with Crippen molar-refractivity contribution in [3.8, 4) is 5.69 Å². The van der Waals surface area contributed by atoms with Crippen LogP contribution in [0.3, 0.4) is 0 Å². The molecule has 0 fully saturated rings. The molecule has 2 N–H and O–H groups in total. The predicted molar refractivity (Wildman–Crippen MR) is 70.2 cm³/mol. The highest BCUT2D eigenvalue weighted by molar-refractivity contribution is 5.41. The van der Waals surface area contributed by atoms with Crippen molar-refractivity contribution in [2.24, 2.45) is 5.73 Å². The fourth-order valence-electron chi connectivity index (χ4n) is 1.92. The van der Waals surface area contributed by atoms with Crippen LogP contribution in [0.5, 0.6) is 0 Å². The van der Waals surface area contributed by atoms with Gasteiger partial charge >= 0.3 is 0 Å². The van der Waals surface area contributed by atoms with Gasteiger partial charge in [-0.05, 0) is 49.6 Å². The molecule has 3 nitrogen and oxygen atoms in total. The van der Waals surface area contributed by atoms with Gasteiger partial charge in [0.1, 0.15) is 5.82 Å². The van der Waals surface area contributed by atoms with Crippen molar-refractivity contribution in [3.05, 3.63) is 47.5 Å². The van der Waals surface area contributed by atoms with Gasteiger partial charge in [-0.25, -0.2) is 9.07 Å². The molecule has 1 unspecified atom stereocenters. The molecule has 96 valence electrons. The van der Waals surface area contributed by atoms with Gasteiger partial charge in [-0.15, -0.1) is 0 Å². The summed E-state index contributed by atoms with van der Waals surface area (Å²) in [5, 5.41) is 4.36. The van der Waals surface area contributed by atoms with E-state index in [1.807, 2.05) is 26.1 Å². The van der Waals surface area contributed by atoms with E-state index in [1.165, 1.54) is 6.07 Å². The molecule has 0 aliphatic heterocycles. The van der Waals surface area contributed by atoms with Crippen LogP contribution >= 0.6 is 0 Å². The van der Waals surface area contributed by atoms with E-state index in [9.17, 15) is 4.39 Å². The summed E-state index contributed by atoms with van der Waals surface area (Å²) in [6, 6.07) is 6.71. The van der Waals surface area contributed by atoms with Crippen molar-refractivity contribution in [2.75, 3.05) is 0 Å². The molecule has 2 aromatic rings. The topological polar surface area (TPSA) is 43.8 Å². The lowest BCUT2D eigenvalue weighted by Gasteiger charge is -2.13. The molecule has 1 atom stereocenters. The van der Waals surface area contributed by atoms with Crippen LogP contribution in [0.1, 0.15) is 24.6 Å². The summed E-state index contributed by atoms with van der Waals surface area (Å²) in [6.45, 7) is 3.96. The molecule has 1 aromatic carbocycles. The summed E-state index contributed by atoms with van der Waals surface area (Å²) >= 11 is 0. The SMILES string of the molecule is CCC(N)Cc1cc(F)ccc1-n1ccc(C)n1. The van der Waals surface area contributed by atoms with Crippen LogP contribution in [0.4, 0.5) is 4.39 Å². The third-order valence-electron chi connectivity index (χ3n) is 3.02. The summed E-state index contributed by atoms with van der Waals surface area (Å²) in [5.41, 5.74) is 8.68. The highest BCUT2D eigenvalue weighted by Gasteiger charge is 2.10. The largest absolute Gasteiger partial charge is 0.327 e. The van der Waals surface area contributed by atoms with Gasteiger partial charge in [0.05, 0.1) is 11.4 Å². The molecule has 4 heteroatoms. The molecule has 0 aliphatic carbocycles. The quantitative estimate of drug-likeness (QED) is 0.902. The van der Waals surface area contributed by atoms with E-state index < -0.39 is 0 Å². The molecule has 0 saturated heterocycles. The lowest BCUT2D eigenvalue weighted by atomic mass is 10.0. The minimum atomic E-state index is -0.235. The van der Waals surface area contributed by atoms with Gasteiger partial charge in [-0.3, -0.25) is 0 Å². The Morgan fingerprint density at radius 2 is 2.17 bits per heavy atom. The molecule has 2 rings (SSSR count). The van der Waals surface area contributed by atoms with Crippen molar-refractivity contribution >= 4 is 0 Å². The second-order valence-electron chi connectivity index (χ2n) is 4.55. The predicted octanol–water partition coefficient (Wildman–Crippen LogP) is 2.60. The highest BCUT2D eigenvalue weighted by atomic mass is 19.1. The van der Waals surface area contributed by atoms with Gasteiger partial charge in [-0.2, -0.15) is 5.10 Å². The first-order valence-electron chi connectivity index (χ1n) is 6.16. The number of hydrogen-bond acceptors (Lipinski definition) is 2. The molecule has 0 spiro atoms. The highest BCUT2D eigenvalue weighted by Crippen LogP contribution is 2.18.